The Kier molecular flexibility index (Phi) is 16.6. The van der Waals surface area contributed by atoms with Crippen molar-refractivity contribution in [2.75, 3.05) is 11.1 Å². The number of benzene rings is 3. The minimum atomic E-state index is -0.677. The lowest BCUT2D eigenvalue weighted by Crippen LogP contribution is -2.38. The number of anilines is 1. The van der Waals surface area contributed by atoms with E-state index in [1.165, 1.54) is 70.6 Å². The molecule has 280 valence electrons. The van der Waals surface area contributed by atoms with E-state index in [0.717, 1.165) is 40.8 Å². The molecule has 0 bridgehead atoms. The van der Waals surface area contributed by atoms with Gasteiger partial charge in [0.1, 0.15) is 0 Å². The lowest BCUT2D eigenvalue weighted by molar-refractivity contribution is -0.255. The molecule has 1 saturated heterocycles. The smallest absolute Gasteiger partial charge is 0.224 e. The van der Waals surface area contributed by atoms with Crippen LogP contribution < -0.4 is 5.32 Å². The second kappa shape index (κ2) is 21.8. The number of rotatable bonds is 22. The van der Waals surface area contributed by atoms with E-state index < -0.39 is 6.29 Å². The van der Waals surface area contributed by atoms with Crippen molar-refractivity contribution < 1.29 is 19.4 Å². The summed E-state index contributed by atoms with van der Waals surface area (Å²) in [4.78, 5) is 13.0. The van der Waals surface area contributed by atoms with Crippen LogP contribution in [-0.2, 0) is 27.9 Å². The number of hydrogen-bond donors (Lipinski definition) is 2. The molecule has 9 nitrogen and oxygen atoms in total. The first-order chi connectivity index (χ1) is 25.6. The fourth-order valence-electron chi connectivity index (χ4n) is 6.94. The molecule has 1 aliphatic rings. The van der Waals surface area contributed by atoms with Crippen molar-refractivity contribution in [2.24, 2.45) is 7.05 Å². The van der Waals surface area contributed by atoms with Crippen LogP contribution in [0.4, 0.5) is 5.69 Å². The zero-order valence-corrected chi connectivity index (χ0v) is 31.8. The van der Waals surface area contributed by atoms with Crippen molar-refractivity contribution in [1.82, 2.24) is 20.2 Å². The molecule has 1 fully saturated rings. The molecule has 4 aromatic rings. The van der Waals surface area contributed by atoms with Gasteiger partial charge in [-0.15, -0.1) is 5.10 Å². The number of tetrazole rings is 1. The van der Waals surface area contributed by atoms with Gasteiger partial charge in [-0.1, -0.05) is 162 Å². The number of carbonyl (C=O) groups is 1. The van der Waals surface area contributed by atoms with Crippen molar-refractivity contribution >= 4 is 23.4 Å². The van der Waals surface area contributed by atoms with Crippen molar-refractivity contribution in [1.29, 1.82) is 0 Å². The van der Waals surface area contributed by atoms with E-state index in [-0.39, 0.29) is 30.6 Å². The standard InChI is InChI=1S/C42H57N5O4S/c1-3-4-5-6-7-8-9-10-11-12-13-14-18-24-38(49)43-36-23-19-22-35(29-36)41-50-37(31-52-42-44-45-46-47(42)2)39(33-20-16-15-17-21-33)40(51-41)34-27-25-32(30-48)26-28-34/h15-17,19-23,25-29,37,39-41,48H,3-14,18,24,30-31H2,1-2H3,(H,43,49)/t37-,39-,40+,41?/m1/s1. The molecule has 1 aliphatic heterocycles. The molecule has 1 unspecified atom stereocenters. The van der Waals surface area contributed by atoms with Gasteiger partial charge in [0.05, 0.1) is 18.8 Å². The van der Waals surface area contributed by atoms with Gasteiger partial charge in [-0.25, -0.2) is 4.68 Å². The van der Waals surface area contributed by atoms with Crippen molar-refractivity contribution in [2.45, 2.75) is 133 Å². The minimum Gasteiger partial charge on any atom is -0.392 e. The lowest BCUT2D eigenvalue weighted by Gasteiger charge is -2.43. The van der Waals surface area contributed by atoms with E-state index in [1.807, 2.05) is 73.8 Å². The first kappa shape index (κ1) is 39.6. The predicted molar refractivity (Wildman–Crippen MR) is 208 cm³/mol. The van der Waals surface area contributed by atoms with Gasteiger partial charge in [-0.05, 0) is 45.7 Å². The van der Waals surface area contributed by atoms with Crippen molar-refractivity contribution in [3.05, 3.63) is 101 Å². The fraction of sp³-hybridized carbons (Fsp3) is 0.524. The SMILES string of the molecule is CCCCCCCCCCCCCCCC(=O)Nc1cccc(C2O[C@H](CSc3nnnn3C)[C@@H](c3ccccc3)[C@H](c3ccc(CO)cc3)O2)c1. The maximum atomic E-state index is 13.0. The molecule has 5 rings (SSSR count). The molecule has 0 saturated carbocycles. The Labute approximate surface area is 314 Å². The third-order valence-electron chi connectivity index (χ3n) is 9.88. The maximum absolute atomic E-state index is 13.0. The average Bonchev–Trinajstić information content (AvgIpc) is 3.60. The van der Waals surface area contributed by atoms with Gasteiger partial charge in [-0.3, -0.25) is 4.79 Å². The summed E-state index contributed by atoms with van der Waals surface area (Å²) in [5.74, 6) is 0.492. The summed E-state index contributed by atoms with van der Waals surface area (Å²) < 4.78 is 15.3. The maximum Gasteiger partial charge on any atom is 0.224 e. The Morgan fingerprint density at radius 1 is 0.788 bits per heavy atom. The van der Waals surface area contributed by atoms with Crippen LogP contribution in [0.2, 0.25) is 0 Å². The Morgan fingerprint density at radius 3 is 2.08 bits per heavy atom. The van der Waals surface area contributed by atoms with Crippen LogP contribution in [0.25, 0.3) is 0 Å². The van der Waals surface area contributed by atoms with E-state index in [2.05, 4.69) is 39.9 Å². The number of carbonyl (C=O) groups excluding carboxylic acids is 1. The van der Waals surface area contributed by atoms with Crippen molar-refractivity contribution in [3.8, 4) is 0 Å². The number of amides is 1. The third kappa shape index (κ3) is 12.3. The van der Waals surface area contributed by atoms with Crippen LogP contribution in [0.15, 0.2) is 84.0 Å². The van der Waals surface area contributed by atoms with Crippen LogP contribution in [0.5, 0.6) is 0 Å². The highest BCUT2D eigenvalue weighted by Crippen LogP contribution is 2.48. The van der Waals surface area contributed by atoms with Crippen LogP contribution in [0.1, 0.15) is 137 Å². The summed E-state index contributed by atoms with van der Waals surface area (Å²) in [6.45, 7) is 2.24. The molecule has 3 aromatic carbocycles. The van der Waals surface area contributed by atoms with Gasteiger partial charge in [0.2, 0.25) is 11.1 Å². The number of hydrogen-bond acceptors (Lipinski definition) is 8. The Hall–Kier alpha value is -3.57. The second-order valence-electron chi connectivity index (χ2n) is 14.0. The molecule has 1 amide bonds. The van der Waals surface area contributed by atoms with Gasteiger partial charge in [0.15, 0.2) is 6.29 Å². The third-order valence-corrected chi connectivity index (χ3v) is 11.0. The Morgan fingerprint density at radius 2 is 1.44 bits per heavy atom. The van der Waals surface area contributed by atoms with Crippen LogP contribution in [0, 0.1) is 0 Å². The molecule has 0 aliphatic carbocycles. The summed E-state index contributed by atoms with van der Waals surface area (Å²) in [6.07, 6.45) is 15.9. The van der Waals surface area contributed by atoms with Gasteiger partial charge in [0, 0.05) is 36.4 Å². The minimum absolute atomic E-state index is 0.0253. The highest BCUT2D eigenvalue weighted by molar-refractivity contribution is 7.99. The molecule has 2 N–H and O–H groups in total. The van der Waals surface area contributed by atoms with Gasteiger partial charge < -0.3 is 19.9 Å². The fourth-order valence-corrected chi connectivity index (χ4v) is 7.86. The number of thioether (sulfide) groups is 1. The molecule has 52 heavy (non-hydrogen) atoms. The molecule has 2 heterocycles. The summed E-state index contributed by atoms with van der Waals surface area (Å²) in [6, 6.07) is 26.0. The zero-order valence-electron chi connectivity index (χ0n) is 31.0. The summed E-state index contributed by atoms with van der Waals surface area (Å²) in [7, 11) is 1.83. The molecule has 0 radical (unpaired) electrons. The number of aliphatic hydroxyl groups excluding tert-OH is 1. The average molecular weight is 728 g/mol. The van der Waals surface area contributed by atoms with Crippen LogP contribution in [-0.4, -0.2) is 43.1 Å². The molecule has 1 aromatic heterocycles. The van der Waals surface area contributed by atoms with Crippen LogP contribution in [0.3, 0.4) is 0 Å². The van der Waals surface area contributed by atoms with E-state index in [9.17, 15) is 9.90 Å². The Bertz CT molecular complexity index is 1600. The predicted octanol–water partition coefficient (Wildman–Crippen LogP) is 9.85. The summed E-state index contributed by atoms with van der Waals surface area (Å²) in [5.41, 5.74) is 4.50. The van der Waals surface area contributed by atoms with Gasteiger partial charge in [-0.2, -0.15) is 0 Å². The largest absolute Gasteiger partial charge is 0.392 e. The number of ether oxygens (including phenoxy) is 2. The van der Waals surface area contributed by atoms with Crippen molar-refractivity contribution in [3.63, 3.8) is 0 Å². The first-order valence-electron chi connectivity index (χ1n) is 19.4. The number of nitrogens with zero attached hydrogens (tertiary/aromatic N) is 4. The van der Waals surface area contributed by atoms with E-state index in [4.69, 9.17) is 9.47 Å². The van der Waals surface area contributed by atoms with Gasteiger partial charge in [0.25, 0.3) is 0 Å². The molecule has 10 heteroatoms. The highest BCUT2D eigenvalue weighted by atomic mass is 32.2. The summed E-state index contributed by atoms with van der Waals surface area (Å²) in [5, 5.41) is 25.5. The quantitative estimate of drug-likeness (QED) is 0.0608. The second-order valence-corrected chi connectivity index (χ2v) is 14.9. The lowest BCUT2D eigenvalue weighted by atomic mass is 9.84. The van der Waals surface area contributed by atoms with E-state index in [1.54, 1.807) is 16.4 Å². The highest BCUT2D eigenvalue weighted by Gasteiger charge is 2.42. The number of unbranched alkanes of at least 4 members (excludes halogenated alkanes) is 12. The Balaban J connectivity index is 1.19. The molecule has 4 atom stereocenters. The van der Waals surface area contributed by atoms with Crippen LogP contribution >= 0.6 is 11.8 Å². The topological polar surface area (TPSA) is 111 Å². The number of aryl methyl sites for hydroxylation is 1. The monoisotopic (exact) mass is 727 g/mol. The zero-order chi connectivity index (χ0) is 36.4. The normalized spacial score (nSPS) is 18.8. The number of aliphatic hydroxyl groups is 1. The van der Waals surface area contributed by atoms with E-state index >= 15 is 0 Å². The first-order valence-corrected chi connectivity index (χ1v) is 20.3. The summed E-state index contributed by atoms with van der Waals surface area (Å²) >= 11 is 1.55. The number of aromatic nitrogens is 4. The number of nitrogens with one attached hydrogen (secondary N) is 1. The van der Waals surface area contributed by atoms with Gasteiger partial charge >= 0.3 is 0 Å². The van der Waals surface area contributed by atoms with E-state index in [0.29, 0.717) is 17.3 Å². The molecular formula is C42H57N5O4S. The molecular weight excluding hydrogens is 671 g/mol. The molecule has 0 spiro atoms.